The minimum absolute atomic E-state index is 0.122. The summed E-state index contributed by atoms with van der Waals surface area (Å²) in [5.74, 6) is 0.900. The van der Waals surface area contributed by atoms with E-state index in [0.717, 1.165) is 48.5 Å². The van der Waals surface area contributed by atoms with Gasteiger partial charge in [0.25, 0.3) is 0 Å². The third kappa shape index (κ3) is 3.56. The summed E-state index contributed by atoms with van der Waals surface area (Å²) in [4.78, 5) is 4.12. The Labute approximate surface area is 163 Å². The molecule has 2 aromatic rings. The van der Waals surface area contributed by atoms with Crippen molar-refractivity contribution in [2.45, 2.75) is 49.3 Å². The molecule has 1 aliphatic heterocycles. The van der Waals surface area contributed by atoms with E-state index in [1.54, 1.807) is 13.8 Å². The summed E-state index contributed by atoms with van der Waals surface area (Å²) in [6.07, 6.45) is 5.59. The van der Waals surface area contributed by atoms with E-state index >= 15 is 0 Å². The van der Waals surface area contributed by atoms with E-state index in [1.807, 2.05) is 0 Å². The van der Waals surface area contributed by atoms with Crippen LogP contribution in [0.5, 0.6) is 5.75 Å². The Hall–Kier alpha value is -1.68. The van der Waals surface area contributed by atoms with Crippen LogP contribution in [0.1, 0.15) is 42.0 Å². The fourth-order valence-corrected chi connectivity index (χ4v) is 5.65. The van der Waals surface area contributed by atoms with Crippen LogP contribution in [0.15, 0.2) is 20.8 Å². The number of anilines is 1. The number of thiazole rings is 1. The second kappa shape index (κ2) is 6.73. The molecule has 0 radical (unpaired) electrons. The monoisotopic (exact) mass is 408 g/mol. The first-order valence-electron chi connectivity index (χ1n) is 8.99. The van der Waals surface area contributed by atoms with Crippen LogP contribution in [0.2, 0.25) is 0 Å². The van der Waals surface area contributed by atoms with Gasteiger partial charge in [0.1, 0.15) is 37.2 Å². The van der Waals surface area contributed by atoms with Crippen LogP contribution in [-0.4, -0.2) is 27.6 Å². The summed E-state index contributed by atoms with van der Waals surface area (Å²) in [6, 6.07) is 2.26. The zero-order valence-corrected chi connectivity index (χ0v) is 17.1. The normalized spacial score (nSPS) is 17.8. The van der Waals surface area contributed by atoms with Gasteiger partial charge in [-0.2, -0.15) is 4.36 Å². The van der Waals surface area contributed by atoms with Gasteiger partial charge in [-0.1, -0.05) is 6.07 Å². The van der Waals surface area contributed by atoms with Crippen LogP contribution < -0.4 is 15.2 Å². The highest BCUT2D eigenvalue weighted by Gasteiger charge is 2.26. The smallest absolute Gasteiger partial charge is 0.147 e. The van der Waals surface area contributed by atoms with Gasteiger partial charge in [-0.25, -0.2) is 14.3 Å². The standard InChI is InChI=1S/C18H24N4O3S2/c1-18(2,23)17-20-9-14(26-17)27(19,24)22-10-21-15-13-5-3-4-11(13)8-12-6-7-25-16(12)15/h8-9,21,23H,3-7,10H2,1-2H3,(H2,19,22,24). The van der Waals surface area contributed by atoms with Crippen molar-refractivity contribution >= 4 is 26.9 Å². The van der Waals surface area contributed by atoms with Gasteiger partial charge in [-0.3, -0.25) is 0 Å². The van der Waals surface area contributed by atoms with Crippen molar-refractivity contribution in [3.63, 3.8) is 0 Å². The van der Waals surface area contributed by atoms with Gasteiger partial charge in [-0.15, -0.1) is 11.3 Å². The molecular weight excluding hydrogens is 384 g/mol. The van der Waals surface area contributed by atoms with Gasteiger partial charge in [0.15, 0.2) is 0 Å². The molecule has 0 amide bonds. The SMILES string of the molecule is CC(C)(O)c1ncc(S(N)(=O)=NCNc2c3c(cc4c2OCC4)CCC3)s1. The van der Waals surface area contributed by atoms with E-state index in [2.05, 4.69) is 20.7 Å². The van der Waals surface area contributed by atoms with Crippen LogP contribution in [0, 0.1) is 0 Å². The van der Waals surface area contributed by atoms with E-state index in [0.29, 0.717) is 15.8 Å². The molecule has 0 bridgehead atoms. The van der Waals surface area contributed by atoms with E-state index < -0.39 is 15.5 Å². The number of aliphatic hydroxyl groups is 1. The van der Waals surface area contributed by atoms with E-state index in [-0.39, 0.29) is 6.67 Å². The lowest BCUT2D eigenvalue weighted by Gasteiger charge is -2.15. The highest BCUT2D eigenvalue weighted by Crippen LogP contribution is 2.42. The molecular formula is C18H24N4O3S2. The number of ether oxygens (including phenoxy) is 1. The fourth-order valence-electron chi connectivity index (χ4n) is 3.53. The Morgan fingerprint density at radius 2 is 2.22 bits per heavy atom. The van der Waals surface area contributed by atoms with Crippen molar-refractivity contribution < 1.29 is 14.1 Å². The molecule has 1 unspecified atom stereocenters. The molecule has 146 valence electrons. The lowest BCUT2D eigenvalue weighted by atomic mass is 10.0. The van der Waals surface area contributed by atoms with Crippen LogP contribution in [0.25, 0.3) is 0 Å². The zero-order chi connectivity index (χ0) is 19.2. The third-order valence-electron chi connectivity index (χ3n) is 4.86. The van der Waals surface area contributed by atoms with Gasteiger partial charge in [0.05, 0.1) is 18.5 Å². The number of nitrogens with one attached hydrogen (secondary N) is 1. The van der Waals surface area contributed by atoms with E-state index in [9.17, 15) is 9.32 Å². The first-order chi connectivity index (χ1) is 12.8. The second-order valence-corrected chi connectivity index (χ2v) is 10.5. The Morgan fingerprint density at radius 3 is 2.96 bits per heavy atom. The first-order valence-corrected chi connectivity index (χ1v) is 11.4. The van der Waals surface area contributed by atoms with Crippen LogP contribution >= 0.6 is 11.3 Å². The molecule has 4 N–H and O–H groups in total. The number of aromatic nitrogens is 1. The highest BCUT2D eigenvalue weighted by molar-refractivity contribution is 7.93. The molecule has 1 atom stereocenters. The van der Waals surface area contributed by atoms with Crippen LogP contribution in [-0.2, 0) is 34.8 Å². The maximum Gasteiger partial charge on any atom is 0.147 e. The second-order valence-electron chi connectivity index (χ2n) is 7.41. The van der Waals surface area contributed by atoms with Gasteiger partial charge in [-0.05, 0) is 49.8 Å². The van der Waals surface area contributed by atoms with Crippen LogP contribution in [0.4, 0.5) is 5.69 Å². The summed E-state index contributed by atoms with van der Waals surface area (Å²) < 4.78 is 23.2. The predicted molar refractivity (Wildman–Crippen MR) is 107 cm³/mol. The minimum Gasteiger partial charge on any atom is -0.491 e. The van der Waals surface area contributed by atoms with Crippen molar-refractivity contribution in [1.82, 2.24) is 4.98 Å². The number of nitrogens with two attached hydrogens (primary N) is 1. The van der Waals surface area contributed by atoms with Gasteiger partial charge >= 0.3 is 0 Å². The topological polar surface area (TPSA) is 110 Å². The number of benzene rings is 1. The summed E-state index contributed by atoms with van der Waals surface area (Å²) in [5, 5.41) is 19.7. The van der Waals surface area contributed by atoms with E-state index in [4.69, 9.17) is 9.88 Å². The van der Waals surface area contributed by atoms with Crippen molar-refractivity contribution in [2.24, 2.45) is 9.50 Å². The average Bonchev–Trinajstić information content (AvgIpc) is 3.33. The largest absolute Gasteiger partial charge is 0.491 e. The van der Waals surface area contributed by atoms with Crippen molar-refractivity contribution in [3.8, 4) is 5.75 Å². The Balaban J connectivity index is 1.58. The highest BCUT2D eigenvalue weighted by atomic mass is 32.2. The molecule has 1 aliphatic carbocycles. The summed E-state index contributed by atoms with van der Waals surface area (Å²) in [6.45, 7) is 4.07. The van der Waals surface area contributed by atoms with Crippen molar-refractivity contribution in [1.29, 1.82) is 0 Å². The lowest BCUT2D eigenvalue weighted by molar-refractivity contribution is 0.0783. The Morgan fingerprint density at radius 1 is 1.41 bits per heavy atom. The molecule has 0 saturated heterocycles. The van der Waals surface area contributed by atoms with E-state index in [1.165, 1.54) is 22.9 Å². The van der Waals surface area contributed by atoms with Crippen molar-refractivity contribution in [2.75, 3.05) is 18.6 Å². The molecule has 0 saturated carbocycles. The third-order valence-corrected chi connectivity index (χ3v) is 8.12. The molecule has 1 aromatic carbocycles. The predicted octanol–water partition coefficient (Wildman–Crippen LogP) is 2.56. The average molecular weight is 409 g/mol. The van der Waals surface area contributed by atoms with Crippen LogP contribution in [0.3, 0.4) is 0 Å². The van der Waals surface area contributed by atoms with Crippen molar-refractivity contribution in [3.05, 3.63) is 34.0 Å². The summed E-state index contributed by atoms with van der Waals surface area (Å²) in [5.41, 5.74) is 3.74. The molecule has 0 spiro atoms. The number of hydrogen-bond acceptors (Lipinski definition) is 7. The van der Waals surface area contributed by atoms with Gasteiger partial charge < -0.3 is 15.2 Å². The molecule has 0 fully saturated rings. The summed E-state index contributed by atoms with van der Waals surface area (Å²) in [7, 11) is -3.08. The molecule has 4 rings (SSSR count). The number of aryl methyl sites for hydroxylation is 1. The quantitative estimate of drug-likeness (QED) is 0.704. The Kier molecular flexibility index (Phi) is 4.66. The molecule has 2 aliphatic rings. The molecule has 27 heavy (non-hydrogen) atoms. The van der Waals surface area contributed by atoms with Gasteiger partial charge in [0, 0.05) is 6.42 Å². The molecule has 7 nitrogen and oxygen atoms in total. The number of fused-ring (bicyclic) bond motifs is 2. The summed E-state index contributed by atoms with van der Waals surface area (Å²) >= 11 is 1.13. The number of hydrogen-bond donors (Lipinski definition) is 3. The molecule has 2 heterocycles. The minimum atomic E-state index is -3.08. The Bertz CT molecular complexity index is 969. The molecule has 9 heteroatoms. The lowest BCUT2D eigenvalue weighted by Crippen LogP contribution is -2.15. The number of nitrogens with zero attached hydrogens (tertiary/aromatic N) is 2. The molecule has 1 aromatic heterocycles. The maximum atomic E-state index is 12.8. The van der Waals surface area contributed by atoms with Gasteiger partial charge in [0.2, 0.25) is 0 Å². The zero-order valence-electron chi connectivity index (χ0n) is 15.4. The first kappa shape index (κ1) is 18.7. The fraction of sp³-hybridized carbons (Fsp3) is 0.500. The maximum absolute atomic E-state index is 12.8. The number of rotatable bonds is 5.